The van der Waals surface area contributed by atoms with E-state index in [1.807, 2.05) is 200 Å². The largest absolute Gasteiger partial charge is 0.457 e. The molecule has 0 spiro atoms. The molecule has 0 heterocycles. The molecular weight excluding hydrogens is 1100 g/mol. The molecular formula is C88H62O3. The minimum absolute atomic E-state index is 0.0251. The highest BCUT2D eigenvalue weighted by Crippen LogP contribution is 2.52. The predicted molar refractivity (Wildman–Crippen MR) is 374 cm³/mol. The summed E-state index contributed by atoms with van der Waals surface area (Å²) in [5.74, 6) is 21.7. The van der Waals surface area contributed by atoms with Gasteiger partial charge in [-0.05, 0) is 102 Å². The third-order valence-corrected chi connectivity index (χ3v) is 16.4. The lowest BCUT2D eigenvalue weighted by molar-refractivity contribution is -0.109. The Morgan fingerprint density at radius 3 is 0.703 bits per heavy atom. The van der Waals surface area contributed by atoms with Gasteiger partial charge in [0.1, 0.15) is 11.5 Å². The number of carbonyl (C=O) groups excluding carboxylic acids is 2. The van der Waals surface area contributed by atoms with Crippen molar-refractivity contribution >= 4 is 56.2 Å². The van der Waals surface area contributed by atoms with Gasteiger partial charge < -0.3 is 4.74 Å². The molecule has 3 nitrogen and oxygen atoms in total. The van der Waals surface area contributed by atoms with Crippen LogP contribution in [-0.2, 0) is 48.1 Å². The molecule has 0 radical (unpaired) electrons. The van der Waals surface area contributed by atoms with Crippen LogP contribution in [0.3, 0.4) is 0 Å². The molecule has 0 bridgehead atoms. The molecule has 0 atom stereocenters. The first-order valence-corrected chi connectivity index (χ1v) is 30.9. The second-order valence-electron chi connectivity index (χ2n) is 22.6. The Morgan fingerprint density at radius 2 is 0.418 bits per heavy atom. The maximum atomic E-state index is 15.6. The highest BCUT2D eigenvalue weighted by atomic mass is 16.5. The average Bonchev–Trinajstić information content (AvgIpc) is 1.61. The summed E-state index contributed by atoms with van der Waals surface area (Å²) in [7, 11) is 0. The predicted octanol–water partition coefficient (Wildman–Crippen LogP) is 19.1. The number of Topliss-reactive ketones (excluding diaryl/α,β-unsaturated/α-hetero) is 2. The van der Waals surface area contributed by atoms with Gasteiger partial charge in [0.05, 0.1) is 0 Å². The van der Waals surface area contributed by atoms with Gasteiger partial charge in [0.25, 0.3) is 0 Å². The number of hydrogen-bond acceptors (Lipinski definition) is 3. The van der Waals surface area contributed by atoms with E-state index in [1.54, 1.807) is 0 Å². The van der Waals surface area contributed by atoms with Crippen molar-refractivity contribution in [3.63, 3.8) is 0 Å². The zero-order valence-corrected chi connectivity index (χ0v) is 50.3. The van der Waals surface area contributed by atoms with Gasteiger partial charge in [0.2, 0.25) is 0 Å². The number of carbonyl (C=O) groups is 2. The van der Waals surface area contributed by atoms with Crippen LogP contribution in [0.1, 0.15) is 77.9 Å². The van der Waals surface area contributed by atoms with E-state index in [0.29, 0.717) is 72.3 Å². The van der Waals surface area contributed by atoms with Crippen molar-refractivity contribution in [2.24, 2.45) is 0 Å². The SMILES string of the molecule is O=C1C(c2ccccc2)=C(c2ccc(CC#CCc3ccccc3)cc2)C(c2ccc(Oc3ccc(C4=C(c5ccccc5)C(=O)C(c5ccccc5)=C4c4cc(CC#CCc5ccccc5)cc(CC#CCc5ccccc5)c4)cc3)cc2)=C1c1ccccc1. The van der Waals surface area contributed by atoms with E-state index in [-0.39, 0.29) is 11.6 Å². The van der Waals surface area contributed by atoms with Crippen molar-refractivity contribution in [3.05, 3.63) is 381 Å². The zero-order chi connectivity index (χ0) is 61.6. The second-order valence-corrected chi connectivity index (χ2v) is 22.6. The molecule has 0 saturated carbocycles. The minimum Gasteiger partial charge on any atom is -0.457 e. The van der Waals surface area contributed by atoms with Crippen molar-refractivity contribution in [3.8, 4) is 47.0 Å². The number of ketones is 2. The van der Waals surface area contributed by atoms with Gasteiger partial charge in [-0.15, -0.1) is 0 Å². The zero-order valence-electron chi connectivity index (χ0n) is 50.3. The van der Waals surface area contributed by atoms with Gasteiger partial charge >= 0.3 is 0 Å². The van der Waals surface area contributed by atoms with Crippen LogP contribution in [-0.4, -0.2) is 11.6 Å². The van der Waals surface area contributed by atoms with E-state index in [1.165, 1.54) is 16.7 Å². The lowest BCUT2D eigenvalue weighted by Crippen LogP contribution is -2.02. The number of hydrogen-bond donors (Lipinski definition) is 0. The number of benzene rings is 11. The fraction of sp³-hybridized carbons (Fsp3) is 0.0682. The molecule has 0 fully saturated rings. The molecule has 11 aromatic rings. The molecule has 0 unspecified atom stereocenters. The number of ether oxygens (including phenoxy) is 1. The standard InChI is InChI=1S/C88H62O3/c89-87-83(69-40-14-4-15-41-69)79(73-50-48-66(49-51-73)37-23-22-34-63-28-8-1-9-29-63)80(84(87)70-42-16-5-17-43-70)74-52-56-77(57-53-74)91-78-58-54-75(55-59-78)81-82(86(72-46-20-7-21-47-72)88(90)85(81)71-44-18-6-19-45-71)76-61-67(38-26-24-35-64-30-10-2-11-31-64)60-68(62-76)39-27-25-36-65-32-12-3-13-33-65/h1-21,28-33,40-62H,34-39H2. The van der Waals surface area contributed by atoms with Crippen molar-refractivity contribution < 1.29 is 14.3 Å². The molecule has 13 rings (SSSR count). The fourth-order valence-electron chi connectivity index (χ4n) is 12.1. The molecule has 0 saturated heterocycles. The Hall–Kier alpha value is -11.8. The van der Waals surface area contributed by atoms with Crippen LogP contribution >= 0.6 is 0 Å². The van der Waals surface area contributed by atoms with Crippen LogP contribution in [0.4, 0.5) is 0 Å². The quantitative estimate of drug-likeness (QED) is 0.0906. The Bertz CT molecular complexity index is 4690. The van der Waals surface area contributed by atoms with Crippen LogP contribution in [0.25, 0.3) is 44.6 Å². The van der Waals surface area contributed by atoms with Crippen molar-refractivity contribution in [2.45, 2.75) is 38.5 Å². The molecule has 2 aliphatic carbocycles. The Kier molecular flexibility index (Phi) is 17.9. The van der Waals surface area contributed by atoms with Crippen LogP contribution in [0.2, 0.25) is 0 Å². The van der Waals surface area contributed by atoms with E-state index in [4.69, 9.17) is 4.74 Å². The summed E-state index contributed by atoms with van der Waals surface area (Å²) in [5.41, 5.74) is 19.8. The summed E-state index contributed by atoms with van der Waals surface area (Å²) >= 11 is 0. The third kappa shape index (κ3) is 13.5. The molecule has 0 aliphatic heterocycles. The summed E-state index contributed by atoms with van der Waals surface area (Å²) in [6.07, 6.45) is 3.69. The monoisotopic (exact) mass is 1170 g/mol. The van der Waals surface area contributed by atoms with Gasteiger partial charge in [-0.25, -0.2) is 0 Å². The molecule has 91 heavy (non-hydrogen) atoms. The molecule has 0 N–H and O–H groups in total. The minimum atomic E-state index is -0.0412. The van der Waals surface area contributed by atoms with Crippen molar-refractivity contribution in [2.75, 3.05) is 0 Å². The Balaban J connectivity index is 0.850. The van der Waals surface area contributed by atoms with E-state index < -0.39 is 0 Å². The third-order valence-electron chi connectivity index (χ3n) is 16.4. The molecule has 432 valence electrons. The summed E-state index contributed by atoms with van der Waals surface area (Å²) in [5, 5.41) is 0. The fourth-order valence-corrected chi connectivity index (χ4v) is 12.1. The highest BCUT2D eigenvalue weighted by Gasteiger charge is 2.37. The van der Waals surface area contributed by atoms with E-state index in [2.05, 4.69) is 139 Å². The number of allylic oxidation sites excluding steroid dienone is 8. The van der Waals surface area contributed by atoms with Crippen LogP contribution < -0.4 is 4.74 Å². The van der Waals surface area contributed by atoms with E-state index >= 15 is 9.59 Å². The summed E-state index contributed by atoms with van der Waals surface area (Å²) in [4.78, 5) is 30.7. The summed E-state index contributed by atoms with van der Waals surface area (Å²) < 4.78 is 6.72. The van der Waals surface area contributed by atoms with Crippen molar-refractivity contribution in [1.29, 1.82) is 0 Å². The van der Waals surface area contributed by atoms with Gasteiger partial charge in [-0.2, -0.15) is 0 Å². The normalized spacial score (nSPS) is 12.7. The highest BCUT2D eigenvalue weighted by molar-refractivity contribution is 6.60. The van der Waals surface area contributed by atoms with Gasteiger partial charge in [0, 0.05) is 83.1 Å². The lowest BCUT2D eigenvalue weighted by atomic mass is 9.87. The molecule has 0 aromatic heterocycles. The maximum absolute atomic E-state index is 15.6. The maximum Gasteiger partial charge on any atom is 0.195 e. The first kappa shape index (κ1) is 58.2. The molecule has 0 amide bonds. The topological polar surface area (TPSA) is 43.4 Å². The molecule has 11 aromatic carbocycles. The van der Waals surface area contributed by atoms with Gasteiger partial charge in [-0.3, -0.25) is 9.59 Å². The van der Waals surface area contributed by atoms with E-state index in [0.717, 1.165) is 83.5 Å². The first-order chi connectivity index (χ1) is 45.0. The van der Waals surface area contributed by atoms with Crippen molar-refractivity contribution in [1.82, 2.24) is 0 Å². The number of rotatable bonds is 16. The smallest absolute Gasteiger partial charge is 0.195 e. The molecule has 3 heteroatoms. The Morgan fingerprint density at radius 1 is 0.198 bits per heavy atom. The van der Waals surface area contributed by atoms with Crippen LogP contribution in [0.5, 0.6) is 11.5 Å². The van der Waals surface area contributed by atoms with Gasteiger partial charge in [-0.1, -0.05) is 315 Å². The van der Waals surface area contributed by atoms with Gasteiger partial charge in [0.15, 0.2) is 11.6 Å². The first-order valence-electron chi connectivity index (χ1n) is 30.9. The van der Waals surface area contributed by atoms with Crippen LogP contribution in [0, 0.1) is 35.5 Å². The average molecular weight is 1170 g/mol. The Labute approximate surface area is 534 Å². The van der Waals surface area contributed by atoms with Crippen LogP contribution in [0.15, 0.2) is 303 Å². The summed E-state index contributed by atoms with van der Waals surface area (Å²) in [6, 6.07) is 102. The van der Waals surface area contributed by atoms with E-state index in [9.17, 15) is 0 Å². The molecule has 2 aliphatic rings. The summed E-state index contributed by atoms with van der Waals surface area (Å²) in [6.45, 7) is 0. The second kappa shape index (κ2) is 27.9. The lowest BCUT2D eigenvalue weighted by Gasteiger charge is -2.16.